The van der Waals surface area contributed by atoms with Gasteiger partial charge in [-0.3, -0.25) is 0 Å². The van der Waals surface area contributed by atoms with E-state index >= 15 is 0 Å². The standard InChI is InChI=1S/C58H38N4/c1-3-19-39(20-4-1)61-51-31-15-9-25-45(51)55-43-23-7-13-29-49(43)59(53-33-17-11-27-47(53)57(55)61)41-35-37-42(38-36-41)60-50-30-14-8-24-44(50)56-46-26-10-16-32-52(46)62(40-21-5-2-6-22-40)58(56)48-28-12-18-34-54(48)60/h1-38H. The van der Waals surface area contributed by atoms with Crippen molar-refractivity contribution in [3.63, 3.8) is 0 Å². The Bertz CT molecular complexity index is 3290. The largest absolute Gasteiger partial charge is 0.309 e. The molecule has 0 atom stereocenters. The summed E-state index contributed by atoms with van der Waals surface area (Å²) in [5.41, 5.74) is 21.1. The van der Waals surface area contributed by atoms with Gasteiger partial charge in [-0.25, -0.2) is 0 Å². The lowest BCUT2D eigenvalue weighted by atomic mass is 9.98. The molecule has 4 heterocycles. The second-order valence-electron chi connectivity index (χ2n) is 16.1. The van der Waals surface area contributed by atoms with Gasteiger partial charge in [0.15, 0.2) is 0 Å². The number of aromatic nitrogens is 2. The molecule has 0 saturated carbocycles. The van der Waals surface area contributed by atoms with Crippen LogP contribution in [-0.2, 0) is 0 Å². The fraction of sp³-hybridized carbons (Fsp3) is 0. The van der Waals surface area contributed by atoms with Crippen LogP contribution in [0.1, 0.15) is 0 Å². The molecule has 2 aromatic heterocycles. The molecule has 0 fully saturated rings. The summed E-state index contributed by atoms with van der Waals surface area (Å²) < 4.78 is 4.90. The predicted molar refractivity (Wildman–Crippen MR) is 258 cm³/mol. The lowest BCUT2D eigenvalue weighted by Gasteiger charge is -2.30. The Morgan fingerprint density at radius 3 is 0.935 bits per heavy atom. The number of para-hydroxylation sites is 8. The van der Waals surface area contributed by atoms with Crippen molar-refractivity contribution in [2.75, 3.05) is 9.80 Å². The number of hydrogen-bond donors (Lipinski definition) is 0. The zero-order valence-corrected chi connectivity index (χ0v) is 33.7. The van der Waals surface area contributed by atoms with E-state index in [0.29, 0.717) is 0 Å². The topological polar surface area (TPSA) is 16.3 Å². The number of fused-ring (bicyclic) bond motifs is 14. The van der Waals surface area contributed by atoms with Gasteiger partial charge in [0, 0.05) is 66.9 Å². The SMILES string of the molecule is c1ccc(-n2c3c(c4ccccc42)-c2ccccc2N(c2ccc(N4c5ccccc5-c5c(n(-c6ccccc6)c6ccccc56)-c5ccccc54)cc2)c2ccccc2-3)cc1. The normalized spacial score (nSPS) is 12.5. The first-order valence-corrected chi connectivity index (χ1v) is 21.3. The van der Waals surface area contributed by atoms with Gasteiger partial charge in [-0.2, -0.15) is 0 Å². The summed E-state index contributed by atoms with van der Waals surface area (Å²) in [6, 6.07) is 84.0. The van der Waals surface area contributed by atoms with E-state index in [1.807, 2.05) is 0 Å². The molecule has 9 aromatic carbocycles. The Hall–Kier alpha value is -8.34. The molecule has 0 saturated heterocycles. The van der Waals surface area contributed by atoms with Crippen molar-refractivity contribution in [2.24, 2.45) is 0 Å². The minimum absolute atomic E-state index is 1.09. The number of benzene rings is 9. The van der Waals surface area contributed by atoms with E-state index in [2.05, 4.69) is 249 Å². The van der Waals surface area contributed by atoms with Crippen LogP contribution in [0, 0.1) is 0 Å². The Kier molecular flexibility index (Phi) is 7.57. The van der Waals surface area contributed by atoms with Crippen LogP contribution in [0.5, 0.6) is 0 Å². The van der Waals surface area contributed by atoms with Gasteiger partial charge < -0.3 is 18.9 Å². The monoisotopic (exact) mass is 790 g/mol. The van der Waals surface area contributed by atoms with Crippen molar-refractivity contribution >= 4 is 55.9 Å². The zero-order chi connectivity index (χ0) is 40.7. The van der Waals surface area contributed by atoms with Crippen molar-refractivity contribution in [1.29, 1.82) is 0 Å². The van der Waals surface area contributed by atoms with Crippen LogP contribution < -0.4 is 9.80 Å². The van der Waals surface area contributed by atoms with E-state index < -0.39 is 0 Å². The molecule has 62 heavy (non-hydrogen) atoms. The third-order valence-electron chi connectivity index (χ3n) is 12.8. The molecule has 0 amide bonds. The number of anilines is 6. The van der Waals surface area contributed by atoms with Crippen LogP contribution in [0.4, 0.5) is 34.1 Å². The summed E-state index contributed by atoms with van der Waals surface area (Å²) in [6.45, 7) is 0. The lowest BCUT2D eigenvalue weighted by molar-refractivity contribution is 1.13. The number of rotatable bonds is 4. The van der Waals surface area contributed by atoms with E-state index in [1.165, 1.54) is 66.6 Å². The van der Waals surface area contributed by atoms with Crippen molar-refractivity contribution in [1.82, 2.24) is 9.13 Å². The fourth-order valence-corrected chi connectivity index (χ4v) is 10.3. The van der Waals surface area contributed by atoms with Gasteiger partial charge in [-0.15, -0.1) is 0 Å². The van der Waals surface area contributed by atoms with E-state index in [0.717, 1.165) is 45.5 Å². The Balaban J connectivity index is 1.02. The molecule has 11 aromatic rings. The highest BCUT2D eigenvalue weighted by Crippen LogP contribution is 2.57. The molecule has 0 radical (unpaired) electrons. The zero-order valence-electron chi connectivity index (χ0n) is 33.7. The second-order valence-corrected chi connectivity index (χ2v) is 16.1. The average Bonchev–Trinajstić information content (AvgIpc) is 3.79. The highest BCUT2D eigenvalue weighted by Gasteiger charge is 2.33. The summed E-state index contributed by atoms with van der Waals surface area (Å²) in [7, 11) is 0. The van der Waals surface area contributed by atoms with Crippen LogP contribution in [-0.4, -0.2) is 9.13 Å². The minimum atomic E-state index is 1.09. The highest BCUT2D eigenvalue weighted by atomic mass is 15.2. The van der Waals surface area contributed by atoms with Crippen LogP contribution >= 0.6 is 0 Å². The van der Waals surface area contributed by atoms with Gasteiger partial charge in [0.25, 0.3) is 0 Å². The quantitative estimate of drug-likeness (QED) is 0.177. The summed E-state index contributed by atoms with van der Waals surface area (Å²) in [5, 5.41) is 2.47. The van der Waals surface area contributed by atoms with Crippen LogP contribution in [0.2, 0.25) is 0 Å². The van der Waals surface area contributed by atoms with Crippen molar-refractivity contribution in [3.8, 4) is 56.1 Å². The van der Waals surface area contributed by atoms with E-state index in [4.69, 9.17) is 0 Å². The maximum Gasteiger partial charge on any atom is 0.0641 e. The van der Waals surface area contributed by atoms with Gasteiger partial charge in [-0.05, 0) is 84.9 Å². The molecular formula is C58H38N4. The van der Waals surface area contributed by atoms with Crippen molar-refractivity contribution in [2.45, 2.75) is 0 Å². The Labute approximate surface area is 360 Å². The lowest BCUT2D eigenvalue weighted by Crippen LogP contribution is -2.13. The number of hydrogen-bond acceptors (Lipinski definition) is 2. The molecule has 2 aliphatic rings. The summed E-state index contributed by atoms with van der Waals surface area (Å²) in [5.74, 6) is 0. The third-order valence-corrected chi connectivity index (χ3v) is 12.8. The molecule has 0 N–H and O–H groups in total. The maximum absolute atomic E-state index is 2.45. The van der Waals surface area contributed by atoms with E-state index in [9.17, 15) is 0 Å². The first-order chi connectivity index (χ1) is 30.8. The van der Waals surface area contributed by atoms with Gasteiger partial charge >= 0.3 is 0 Å². The molecule has 2 aliphatic heterocycles. The molecule has 290 valence electrons. The van der Waals surface area contributed by atoms with Gasteiger partial charge in [0.1, 0.15) is 0 Å². The molecule has 0 bridgehead atoms. The summed E-state index contributed by atoms with van der Waals surface area (Å²) in [4.78, 5) is 4.90. The van der Waals surface area contributed by atoms with E-state index in [1.54, 1.807) is 0 Å². The predicted octanol–water partition coefficient (Wildman–Crippen LogP) is 15.8. The summed E-state index contributed by atoms with van der Waals surface area (Å²) >= 11 is 0. The molecule has 0 aliphatic carbocycles. The molecule has 4 heteroatoms. The second kappa shape index (κ2) is 13.6. The smallest absolute Gasteiger partial charge is 0.0641 e. The fourth-order valence-electron chi connectivity index (χ4n) is 10.3. The maximum atomic E-state index is 2.45. The van der Waals surface area contributed by atoms with Crippen molar-refractivity contribution in [3.05, 3.63) is 231 Å². The van der Waals surface area contributed by atoms with Gasteiger partial charge in [0.05, 0.1) is 45.2 Å². The molecule has 13 rings (SSSR count). The highest BCUT2D eigenvalue weighted by molar-refractivity contribution is 6.14. The molecular weight excluding hydrogens is 753 g/mol. The van der Waals surface area contributed by atoms with Gasteiger partial charge in [-0.1, -0.05) is 146 Å². The Morgan fingerprint density at radius 1 is 0.226 bits per heavy atom. The molecule has 0 spiro atoms. The molecule has 4 nitrogen and oxygen atoms in total. The molecule has 0 unspecified atom stereocenters. The van der Waals surface area contributed by atoms with Gasteiger partial charge in [0.2, 0.25) is 0 Å². The average molecular weight is 791 g/mol. The van der Waals surface area contributed by atoms with E-state index in [-0.39, 0.29) is 0 Å². The first-order valence-electron chi connectivity index (χ1n) is 21.3. The van der Waals surface area contributed by atoms with Crippen LogP contribution in [0.15, 0.2) is 231 Å². The first kappa shape index (κ1) is 34.5. The van der Waals surface area contributed by atoms with Crippen LogP contribution in [0.3, 0.4) is 0 Å². The number of nitrogens with zero attached hydrogens (tertiary/aromatic N) is 4. The summed E-state index contributed by atoms with van der Waals surface area (Å²) in [6.07, 6.45) is 0. The van der Waals surface area contributed by atoms with Crippen LogP contribution in [0.25, 0.3) is 77.9 Å². The third kappa shape index (κ3) is 4.95. The minimum Gasteiger partial charge on any atom is -0.309 e. The Morgan fingerprint density at radius 2 is 0.532 bits per heavy atom. The van der Waals surface area contributed by atoms with Crippen molar-refractivity contribution < 1.29 is 0 Å².